The van der Waals surface area contributed by atoms with Gasteiger partial charge in [0.05, 0.1) is 6.61 Å². The summed E-state index contributed by atoms with van der Waals surface area (Å²) < 4.78 is 1.03. The summed E-state index contributed by atoms with van der Waals surface area (Å²) in [6.07, 6.45) is 0. The Morgan fingerprint density at radius 3 is 2.58 bits per heavy atom. The first-order chi connectivity index (χ1) is 11.5. The molecule has 126 valence electrons. The van der Waals surface area contributed by atoms with E-state index >= 15 is 0 Å². The number of amides is 1. The van der Waals surface area contributed by atoms with E-state index < -0.39 is 0 Å². The Morgan fingerprint density at radius 2 is 1.96 bits per heavy atom. The van der Waals surface area contributed by atoms with E-state index in [1.54, 1.807) is 11.0 Å². The van der Waals surface area contributed by atoms with Crippen LogP contribution in [0.2, 0.25) is 0 Å². The smallest absolute Gasteiger partial charge is 0.257 e. The van der Waals surface area contributed by atoms with Crippen LogP contribution in [0.15, 0.2) is 48.5 Å². The highest BCUT2D eigenvalue weighted by atomic mass is 127. The fourth-order valence-electron chi connectivity index (χ4n) is 2.16. The number of benzene rings is 2. The van der Waals surface area contributed by atoms with Crippen LogP contribution in [0, 0.1) is 10.5 Å². The first kappa shape index (κ1) is 18.8. The Kier molecular flexibility index (Phi) is 7.14. The molecule has 0 bridgehead atoms. The lowest BCUT2D eigenvalue weighted by Gasteiger charge is -2.24. The summed E-state index contributed by atoms with van der Waals surface area (Å²) in [4.78, 5) is 14.2. The Bertz CT molecular complexity index is 722. The van der Waals surface area contributed by atoms with E-state index in [2.05, 4.69) is 27.9 Å². The molecule has 4 nitrogen and oxygen atoms in total. The summed E-state index contributed by atoms with van der Waals surface area (Å²) in [6, 6.07) is 15.3. The highest BCUT2D eigenvalue weighted by molar-refractivity contribution is 14.1. The molecule has 0 heterocycles. The molecule has 2 rings (SSSR count). The summed E-state index contributed by atoms with van der Waals surface area (Å²) in [5, 5.41) is 12.3. The Balaban J connectivity index is 2.06. The van der Waals surface area contributed by atoms with Gasteiger partial charge in [-0.05, 0) is 65.0 Å². The minimum Gasteiger partial charge on any atom is -0.395 e. The molecule has 24 heavy (non-hydrogen) atoms. The summed E-state index contributed by atoms with van der Waals surface area (Å²) in [7, 11) is 0. The minimum absolute atomic E-state index is 0.0364. The van der Waals surface area contributed by atoms with E-state index in [-0.39, 0.29) is 12.5 Å². The predicted octanol–water partition coefficient (Wildman–Crippen LogP) is 3.11. The molecule has 2 aromatic carbocycles. The van der Waals surface area contributed by atoms with Gasteiger partial charge in [0.1, 0.15) is 0 Å². The Morgan fingerprint density at radius 1 is 1.25 bits per heavy atom. The second kappa shape index (κ2) is 9.10. The largest absolute Gasteiger partial charge is 0.395 e. The van der Waals surface area contributed by atoms with Crippen molar-refractivity contribution in [2.45, 2.75) is 13.5 Å². The lowest BCUT2D eigenvalue weighted by atomic mass is 10.1. The zero-order valence-electron chi connectivity index (χ0n) is 13.3. The summed E-state index contributed by atoms with van der Waals surface area (Å²) in [5.74, 6) is -0.242. The van der Waals surface area contributed by atoms with Crippen LogP contribution in [-0.4, -0.2) is 34.2 Å². The van der Waals surface area contributed by atoms with Crippen molar-refractivity contribution in [1.29, 1.82) is 0 Å². The highest BCUT2D eigenvalue weighted by Gasteiger charge is 2.14. The third kappa shape index (κ3) is 5.25. The fourth-order valence-corrected chi connectivity index (χ4v) is 2.92. The van der Waals surface area contributed by atoms with E-state index in [0.29, 0.717) is 23.8 Å². The number of rotatable bonds is 5. The van der Waals surface area contributed by atoms with Gasteiger partial charge in [-0.15, -0.1) is 0 Å². The van der Waals surface area contributed by atoms with Gasteiger partial charge >= 0.3 is 0 Å². The van der Waals surface area contributed by atoms with Crippen molar-refractivity contribution in [2.24, 2.45) is 0 Å². The third-order valence-corrected chi connectivity index (χ3v) is 5.05. The summed E-state index contributed by atoms with van der Waals surface area (Å²) >= 11 is 7.56. The first-order valence-electron chi connectivity index (χ1n) is 7.52. The molecule has 0 unspecified atom stereocenters. The van der Waals surface area contributed by atoms with Crippen molar-refractivity contribution in [2.75, 3.05) is 13.2 Å². The van der Waals surface area contributed by atoms with E-state index in [4.69, 9.17) is 12.2 Å². The molecule has 2 aromatic rings. The van der Waals surface area contributed by atoms with Gasteiger partial charge in [0.2, 0.25) is 0 Å². The monoisotopic (exact) mass is 454 g/mol. The number of hydrogen-bond acceptors (Lipinski definition) is 3. The molecule has 0 aliphatic carbocycles. The molecule has 0 atom stereocenters. The van der Waals surface area contributed by atoms with Crippen LogP contribution in [0.1, 0.15) is 21.5 Å². The zero-order chi connectivity index (χ0) is 17.5. The molecular weight excluding hydrogens is 435 g/mol. The number of hydrogen-bond donors (Lipinski definition) is 2. The van der Waals surface area contributed by atoms with Crippen molar-refractivity contribution in [1.82, 2.24) is 10.2 Å². The SMILES string of the molecule is Cc1ccc(C(=O)NC(=S)N(CCO)Cc2ccccc2)cc1I. The molecule has 0 saturated carbocycles. The topological polar surface area (TPSA) is 52.6 Å². The average molecular weight is 454 g/mol. The normalized spacial score (nSPS) is 10.3. The molecule has 1 amide bonds. The van der Waals surface area contributed by atoms with Crippen molar-refractivity contribution in [3.8, 4) is 0 Å². The highest BCUT2D eigenvalue weighted by Crippen LogP contribution is 2.13. The number of halogens is 1. The van der Waals surface area contributed by atoms with Crippen molar-refractivity contribution >= 4 is 45.8 Å². The second-order valence-electron chi connectivity index (χ2n) is 5.35. The van der Waals surface area contributed by atoms with E-state index in [1.165, 1.54) is 0 Å². The summed E-state index contributed by atoms with van der Waals surface area (Å²) in [5.41, 5.74) is 2.75. The number of aliphatic hydroxyl groups excluding tert-OH is 1. The molecule has 0 spiro atoms. The van der Waals surface area contributed by atoms with Gasteiger partial charge in [-0.25, -0.2) is 0 Å². The maximum atomic E-state index is 12.4. The molecular formula is C18H19IN2O2S. The van der Waals surface area contributed by atoms with Gasteiger partial charge in [-0.1, -0.05) is 36.4 Å². The number of thiocarbonyl (C=S) groups is 1. The zero-order valence-corrected chi connectivity index (χ0v) is 16.3. The number of aryl methyl sites for hydroxylation is 1. The molecule has 0 aromatic heterocycles. The maximum Gasteiger partial charge on any atom is 0.257 e. The van der Waals surface area contributed by atoms with Crippen LogP contribution in [0.5, 0.6) is 0 Å². The third-order valence-electron chi connectivity index (χ3n) is 3.53. The van der Waals surface area contributed by atoms with Crippen molar-refractivity contribution in [3.63, 3.8) is 0 Å². The number of carbonyl (C=O) groups excluding carboxylic acids is 1. The van der Waals surface area contributed by atoms with Crippen LogP contribution in [0.3, 0.4) is 0 Å². The van der Waals surface area contributed by atoms with Crippen LogP contribution < -0.4 is 5.32 Å². The molecule has 6 heteroatoms. The fraction of sp³-hybridized carbons (Fsp3) is 0.222. The van der Waals surface area contributed by atoms with Gasteiger partial charge in [0, 0.05) is 22.2 Å². The van der Waals surface area contributed by atoms with Crippen LogP contribution in [-0.2, 0) is 6.54 Å². The van der Waals surface area contributed by atoms with Gasteiger partial charge < -0.3 is 10.0 Å². The lowest BCUT2D eigenvalue weighted by molar-refractivity contribution is 0.0971. The quantitative estimate of drug-likeness (QED) is 0.539. The number of nitrogens with one attached hydrogen (secondary N) is 1. The molecule has 0 fully saturated rings. The molecule has 0 radical (unpaired) electrons. The van der Waals surface area contributed by atoms with Gasteiger partial charge in [-0.2, -0.15) is 0 Å². The van der Waals surface area contributed by atoms with E-state index in [9.17, 15) is 9.90 Å². The molecule has 2 N–H and O–H groups in total. The number of carbonyl (C=O) groups is 1. The standard InChI is InChI=1S/C18H19IN2O2S/c1-13-7-8-15(11-16(13)19)17(23)20-18(24)21(9-10-22)12-14-5-3-2-4-6-14/h2-8,11,22H,9-10,12H2,1H3,(H,20,23,24). The Labute approximate surface area is 161 Å². The second-order valence-corrected chi connectivity index (χ2v) is 6.90. The minimum atomic E-state index is -0.242. The van der Waals surface area contributed by atoms with E-state index in [0.717, 1.165) is 14.7 Å². The van der Waals surface area contributed by atoms with Gasteiger partial charge in [0.25, 0.3) is 5.91 Å². The van der Waals surface area contributed by atoms with Crippen molar-refractivity contribution < 1.29 is 9.90 Å². The summed E-state index contributed by atoms with van der Waals surface area (Å²) in [6.45, 7) is 2.85. The molecule has 0 aliphatic rings. The maximum absolute atomic E-state index is 12.4. The predicted molar refractivity (Wildman–Crippen MR) is 108 cm³/mol. The van der Waals surface area contributed by atoms with E-state index in [1.807, 2.05) is 49.4 Å². The number of aliphatic hydroxyl groups is 1. The molecule has 0 saturated heterocycles. The van der Waals surface area contributed by atoms with Crippen LogP contribution in [0.4, 0.5) is 0 Å². The van der Waals surface area contributed by atoms with Crippen molar-refractivity contribution in [3.05, 3.63) is 68.8 Å². The van der Waals surface area contributed by atoms with Gasteiger partial charge in [0.15, 0.2) is 5.11 Å². The lowest BCUT2D eigenvalue weighted by Crippen LogP contribution is -2.43. The molecule has 0 aliphatic heterocycles. The van der Waals surface area contributed by atoms with Gasteiger partial charge in [-0.3, -0.25) is 10.1 Å². The first-order valence-corrected chi connectivity index (χ1v) is 9.01. The Hall–Kier alpha value is -1.51. The number of nitrogens with zero attached hydrogens (tertiary/aromatic N) is 1. The average Bonchev–Trinajstić information content (AvgIpc) is 2.57. The van der Waals surface area contributed by atoms with Crippen LogP contribution in [0.25, 0.3) is 0 Å². The van der Waals surface area contributed by atoms with Crippen LogP contribution >= 0.6 is 34.8 Å².